The number of nitrogens with two attached hydrogens (primary N) is 1. The first kappa shape index (κ1) is 23.8. The fraction of sp³-hybridized carbons (Fsp3) is 0.667. The summed E-state index contributed by atoms with van der Waals surface area (Å²) in [6.07, 6.45) is 4.70. The molecule has 162 valence electrons. The first-order chi connectivity index (χ1) is 14.0. The van der Waals surface area contributed by atoms with E-state index >= 15 is 0 Å². The van der Waals surface area contributed by atoms with Crippen LogP contribution >= 0.6 is 0 Å². The molecule has 2 atom stereocenters. The van der Waals surface area contributed by atoms with Crippen LogP contribution in [0.1, 0.15) is 37.7 Å². The number of carbonyl (C=O) groups is 1. The largest absolute Gasteiger partial charge is 0.481 e. The van der Waals surface area contributed by atoms with Gasteiger partial charge in [0.25, 0.3) is 0 Å². The number of aliphatic carboxylic acids is 1. The smallest absolute Gasteiger partial charge is 0.451 e. The number of nitrogens with zero attached hydrogens (tertiary/aromatic N) is 2. The van der Waals surface area contributed by atoms with Gasteiger partial charge < -0.3 is 20.9 Å². The maximum atomic E-state index is 11.5. The lowest BCUT2D eigenvalue weighted by Gasteiger charge is -2.39. The maximum absolute atomic E-state index is 11.5. The lowest BCUT2D eigenvalue weighted by atomic mass is 9.82. The highest BCUT2D eigenvalue weighted by molar-refractivity contribution is 6.40. The minimum absolute atomic E-state index is 0.00570. The van der Waals surface area contributed by atoms with Gasteiger partial charge in [-0.15, -0.1) is 0 Å². The topological polar surface area (TPSA) is 110 Å². The van der Waals surface area contributed by atoms with Gasteiger partial charge in [0.1, 0.15) is 0 Å². The fourth-order valence-corrected chi connectivity index (χ4v) is 3.97. The SMILES string of the molecule is NC1CN(CCc2ccccc2)CCN1CCCC(CCCCB(O)O)C(=O)O. The second-order valence-electron chi connectivity index (χ2n) is 8.08. The first-order valence-corrected chi connectivity index (χ1v) is 10.8. The van der Waals surface area contributed by atoms with E-state index in [-0.39, 0.29) is 12.1 Å². The number of carboxylic acid groups (broad SMARTS) is 1. The molecule has 1 aliphatic rings. The van der Waals surface area contributed by atoms with Crippen LogP contribution in [-0.4, -0.2) is 76.9 Å². The molecule has 1 saturated heterocycles. The number of hydrogen-bond acceptors (Lipinski definition) is 6. The zero-order valence-corrected chi connectivity index (χ0v) is 17.3. The van der Waals surface area contributed by atoms with Crippen LogP contribution in [0.5, 0.6) is 0 Å². The van der Waals surface area contributed by atoms with E-state index in [2.05, 4.69) is 34.1 Å². The Morgan fingerprint density at radius 2 is 1.83 bits per heavy atom. The van der Waals surface area contributed by atoms with Gasteiger partial charge in [-0.2, -0.15) is 0 Å². The summed E-state index contributed by atoms with van der Waals surface area (Å²) in [6, 6.07) is 10.5. The van der Waals surface area contributed by atoms with Crippen LogP contribution in [0.15, 0.2) is 30.3 Å². The number of piperazine rings is 1. The van der Waals surface area contributed by atoms with Gasteiger partial charge in [-0.05, 0) is 44.1 Å². The van der Waals surface area contributed by atoms with Crippen molar-refractivity contribution in [1.29, 1.82) is 0 Å². The molecule has 2 rings (SSSR count). The van der Waals surface area contributed by atoms with Crippen LogP contribution in [-0.2, 0) is 11.2 Å². The summed E-state index contributed by atoms with van der Waals surface area (Å²) >= 11 is 0. The Hall–Kier alpha value is -1.45. The molecule has 0 saturated carbocycles. The Balaban J connectivity index is 1.64. The molecule has 0 spiro atoms. The molecular weight excluding hydrogens is 369 g/mol. The standard InChI is InChI=1S/C21H36BN3O4/c23-20-17-24(14-11-18-7-2-1-3-8-18)15-16-25(20)13-6-10-19(21(26)27)9-4-5-12-22(28)29/h1-3,7-8,19-20,28-29H,4-6,9-17,23H2,(H,26,27). The average molecular weight is 405 g/mol. The highest BCUT2D eigenvalue weighted by atomic mass is 16.4. The second kappa shape index (κ2) is 13.0. The molecule has 7 nitrogen and oxygen atoms in total. The lowest BCUT2D eigenvalue weighted by molar-refractivity contribution is -0.142. The first-order valence-electron chi connectivity index (χ1n) is 10.8. The summed E-state index contributed by atoms with van der Waals surface area (Å²) in [6.45, 7) is 4.59. The van der Waals surface area contributed by atoms with Crippen LogP contribution in [0.3, 0.4) is 0 Å². The minimum Gasteiger partial charge on any atom is -0.481 e. The molecule has 8 heteroatoms. The van der Waals surface area contributed by atoms with E-state index in [1.165, 1.54) is 5.56 Å². The Morgan fingerprint density at radius 1 is 1.10 bits per heavy atom. The van der Waals surface area contributed by atoms with E-state index in [1.807, 2.05) is 6.07 Å². The molecule has 2 unspecified atom stereocenters. The van der Waals surface area contributed by atoms with E-state index in [0.29, 0.717) is 32.0 Å². The predicted molar refractivity (Wildman–Crippen MR) is 115 cm³/mol. The van der Waals surface area contributed by atoms with Crippen molar-refractivity contribution in [3.05, 3.63) is 35.9 Å². The molecule has 29 heavy (non-hydrogen) atoms. The van der Waals surface area contributed by atoms with Crippen molar-refractivity contribution in [2.45, 2.75) is 51.0 Å². The molecule has 1 fully saturated rings. The quantitative estimate of drug-likeness (QED) is 0.289. The van der Waals surface area contributed by atoms with Crippen molar-refractivity contribution >= 4 is 13.1 Å². The molecule has 0 radical (unpaired) electrons. The van der Waals surface area contributed by atoms with E-state index in [1.54, 1.807) is 0 Å². The maximum Gasteiger partial charge on any atom is 0.451 e. The number of hydrogen-bond donors (Lipinski definition) is 4. The number of unbranched alkanes of at least 4 members (excludes halogenated alkanes) is 1. The molecule has 0 aromatic heterocycles. The molecular formula is C21H36BN3O4. The van der Waals surface area contributed by atoms with Gasteiger partial charge in [0.05, 0.1) is 12.1 Å². The summed E-state index contributed by atoms with van der Waals surface area (Å²) in [5.74, 6) is -1.13. The fourth-order valence-electron chi connectivity index (χ4n) is 3.97. The Kier molecular flexibility index (Phi) is 10.7. The Labute approximate surface area is 174 Å². The van der Waals surface area contributed by atoms with E-state index < -0.39 is 13.1 Å². The lowest BCUT2D eigenvalue weighted by Crippen LogP contribution is -2.57. The van der Waals surface area contributed by atoms with E-state index in [9.17, 15) is 9.90 Å². The van der Waals surface area contributed by atoms with Crippen LogP contribution < -0.4 is 5.73 Å². The Bertz CT molecular complexity index is 591. The summed E-state index contributed by atoms with van der Waals surface area (Å²) < 4.78 is 0. The zero-order valence-electron chi connectivity index (χ0n) is 17.3. The summed E-state index contributed by atoms with van der Waals surface area (Å²) in [7, 11) is -1.30. The van der Waals surface area contributed by atoms with Crippen molar-refractivity contribution in [2.75, 3.05) is 32.7 Å². The molecule has 0 aliphatic carbocycles. The van der Waals surface area contributed by atoms with Crippen LogP contribution in [0.2, 0.25) is 6.32 Å². The van der Waals surface area contributed by atoms with Crippen LogP contribution in [0.4, 0.5) is 0 Å². The molecule has 5 N–H and O–H groups in total. The van der Waals surface area contributed by atoms with Crippen molar-refractivity contribution in [3.8, 4) is 0 Å². The van der Waals surface area contributed by atoms with E-state index in [0.717, 1.165) is 45.6 Å². The van der Waals surface area contributed by atoms with Gasteiger partial charge in [0.2, 0.25) is 0 Å². The minimum atomic E-state index is -1.30. The third-order valence-electron chi connectivity index (χ3n) is 5.79. The highest BCUT2D eigenvalue weighted by Crippen LogP contribution is 2.18. The van der Waals surface area contributed by atoms with Gasteiger partial charge in [-0.1, -0.05) is 43.2 Å². The van der Waals surface area contributed by atoms with Gasteiger partial charge in [0, 0.05) is 26.2 Å². The number of rotatable bonds is 13. The van der Waals surface area contributed by atoms with Crippen molar-refractivity contribution in [1.82, 2.24) is 9.80 Å². The second-order valence-corrected chi connectivity index (χ2v) is 8.08. The molecule has 0 amide bonds. The average Bonchev–Trinajstić information content (AvgIpc) is 2.70. The third-order valence-corrected chi connectivity index (χ3v) is 5.79. The monoisotopic (exact) mass is 405 g/mol. The molecule has 0 bridgehead atoms. The van der Waals surface area contributed by atoms with Crippen molar-refractivity contribution in [2.24, 2.45) is 11.7 Å². The van der Waals surface area contributed by atoms with Crippen molar-refractivity contribution < 1.29 is 19.9 Å². The molecule has 1 aliphatic heterocycles. The number of benzene rings is 1. The van der Waals surface area contributed by atoms with Crippen LogP contribution in [0.25, 0.3) is 0 Å². The highest BCUT2D eigenvalue weighted by Gasteiger charge is 2.24. The summed E-state index contributed by atoms with van der Waals surface area (Å²) in [5.41, 5.74) is 7.71. The molecule has 1 aromatic carbocycles. The zero-order chi connectivity index (χ0) is 21.1. The molecule has 1 heterocycles. The number of carboxylic acids is 1. The predicted octanol–water partition coefficient (Wildman–Crippen LogP) is 1.26. The van der Waals surface area contributed by atoms with Gasteiger partial charge >= 0.3 is 13.1 Å². The summed E-state index contributed by atoms with van der Waals surface area (Å²) in [5, 5.41) is 27.1. The van der Waals surface area contributed by atoms with Gasteiger partial charge in [-0.25, -0.2) is 0 Å². The molecule has 1 aromatic rings. The van der Waals surface area contributed by atoms with Crippen LogP contribution in [0, 0.1) is 5.92 Å². The van der Waals surface area contributed by atoms with Crippen molar-refractivity contribution in [3.63, 3.8) is 0 Å². The van der Waals surface area contributed by atoms with Gasteiger partial charge in [-0.3, -0.25) is 14.6 Å². The Morgan fingerprint density at radius 3 is 2.48 bits per heavy atom. The summed E-state index contributed by atoms with van der Waals surface area (Å²) in [4.78, 5) is 16.1. The third kappa shape index (κ3) is 9.27. The van der Waals surface area contributed by atoms with Gasteiger partial charge in [0.15, 0.2) is 0 Å². The normalized spacial score (nSPS) is 19.2. The van der Waals surface area contributed by atoms with E-state index in [4.69, 9.17) is 15.8 Å².